The smallest absolute Gasteiger partial charge is 0.00765 e. The third-order valence-corrected chi connectivity index (χ3v) is 3.00. The molecule has 0 radical (unpaired) electrons. The van der Waals surface area contributed by atoms with Crippen molar-refractivity contribution in [2.45, 2.75) is 52.0 Å². The quantitative estimate of drug-likeness (QED) is 0.643. The van der Waals surface area contributed by atoms with Crippen molar-refractivity contribution in [1.82, 2.24) is 0 Å². The molecule has 0 saturated carbocycles. The fourth-order valence-corrected chi connectivity index (χ4v) is 2.06. The van der Waals surface area contributed by atoms with Gasteiger partial charge in [0.2, 0.25) is 0 Å². The first kappa shape index (κ1) is 9.79. The predicted molar refractivity (Wildman–Crippen MR) is 54.0 cm³/mol. The molecule has 1 nitrogen and oxygen atoms in total. The summed E-state index contributed by atoms with van der Waals surface area (Å²) in [5, 5.41) is 0. The van der Waals surface area contributed by atoms with Gasteiger partial charge in [-0.25, -0.2) is 0 Å². The fraction of sp³-hybridized carbons (Fsp3) is 0.818. The highest BCUT2D eigenvalue weighted by Crippen LogP contribution is 2.27. The normalized spacial score (nSPS) is 24.3. The van der Waals surface area contributed by atoms with E-state index in [0.29, 0.717) is 6.04 Å². The Kier molecular flexibility index (Phi) is 3.80. The maximum atomic E-state index is 5.84. The molecule has 0 bridgehead atoms. The van der Waals surface area contributed by atoms with Crippen LogP contribution >= 0.6 is 0 Å². The maximum Gasteiger partial charge on any atom is 0.00765 e. The van der Waals surface area contributed by atoms with Crippen LogP contribution in [0.15, 0.2) is 11.6 Å². The van der Waals surface area contributed by atoms with Gasteiger partial charge < -0.3 is 5.73 Å². The first-order chi connectivity index (χ1) is 5.77. The topological polar surface area (TPSA) is 26.0 Å². The summed E-state index contributed by atoms with van der Waals surface area (Å²) in [5.41, 5.74) is 7.50. The highest BCUT2D eigenvalue weighted by atomic mass is 14.6. The van der Waals surface area contributed by atoms with Crippen molar-refractivity contribution in [3.8, 4) is 0 Å². The zero-order chi connectivity index (χ0) is 8.97. The molecule has 1 heteroatoms. The molecule has 0 heterocycles. The molecule has 1 aliphatic rings. The third-order valence-electron chi connectivity index (χ3n) is 3.00. The predicted octanol–water partition coefficient (Wildman–Crippen LogP) is 2.86. The second-order valence-corrected chi connectivity index (χ2v) is 3.83. The maximum absolute atomic E-state index is 5.84. The summed E-state index contributed by atoms with van der Waals surface area (Å²) in [5.74, 6) is 0.831. The van der Waals surface area contributed by atoms with Gasteiger partial charge in [-0.15, -0.1) is 0 Å². The van der Waals surface area contributed by atoms with Gasteiger partial charge in [0.25, 0.3) is 0 Å². The Morgan fingerprint density at radius 2 is 2.17 bits per heavy atom. The van der Waals surface area contributed by atoms with Crippen LogP contribution in [0.2, 0.25) is 0 Å². The van der Waals surface area contributed by atoms with E-state index in [-0.39, 0.29) is 0 Å². The van der Waals surface area contributed by atoms with Crippen LogP contribution in [0.4, 0.5) is 0 Å². The van der Waals surface area contributed by atoms with Crippen LogP contribution < -0.4 is 5.73 Å². The Hall–Kier alpha value is -0.300. The molecule has 70 valence electrons. The zero-order valence-electron chi connectivity index (χ0n) is 8.34. The van der Waals surface area contributed by atoms with Crippen molar-refractivity contribution in [3.05, 3.63) is 11.6 Å². The van der Waals surface area contributed by atoms with Crippen LogP contribution in [0.25, 0.3) is 0 Å². The van der Waals surface area contributed by atoms with Crippen molar-refractivity contribution in [3.63, 3.8) is 0 Å². The fourth-order valence-electron chi connectivity index (χ4n) is 2.06. The van der Waals surface area contributed by atoms with Gasteiger partial charge in [0.15, 0.2) is 0 Å². The average molecular weight is 167 g/mol. The van der Waals surface area contributed by atoms with E-state index in [1.807, 2.05) is 0 Å². The van der Waals surface area contributed by atoms with Gasteiger partial charge >= 0.3 is 0 Å². The number of rotatable bonds is 3. The molecule has 12 heavy (non-hydrogen) atoms. The van der Waals surface area contributed by atoms with Gasteiger partial charge in [0.05, 0.1) is 0 Å². The number of nitrogens with two attached hydrogens (primary N) is 1. The summed E-state index contributed by atoms with van der Waals surface area (Å²) in [6, 6.07) is 0.433. The van der Waals surface area contributed by atoms with Crippen molar-refractivity contribution < 1.29 is 0 Å². The largest absolute Gasteiger partial charge is 0.327 e. The molecule has 0 spiro atoms. The van der Waals surface area contributed by atoms with E-state index in [1.165, 1.54) is 25.7 Å². The molecule has 1 aliphatic carbocycles. The Bertz CT molecular complexity index is 156. The van der Waals surface area contributed by atoms with Crippen LogP contribution in [0, 0.1) is 5.92 Å². The minimum absolute atomic E-state index is 0.433. The van der Waals surface area contributed by atoms with Crippen LogP contribution in [-0.2, 0) is 0 Å². The second-order valence-electron chi connectivity index (χ2n) is 3.83. The van der Waals surface area contributed by atoms with Gasteiger partial charge in [0, 0.05) is 6.04 Å². The van der Waals surface area contributed by atoms with Gasteiger partial charge in [-0.1, -0.05) is 25.5 Å². The first-order valence-corrected chi connectivity index (χ1v) is 5.22. The van der Waals surface area contributed by atoms with Crippen molar-refractivity contribution >= 4 is 0 Å². The minimum Gasteiger partial charge on any atom is -0.327 e. The lowest BCUT2D eigenvalue weighted by molar-refractivity contribution is 0.495. The molecule has 0 fully saturated rings. The van der Waals surface area contributed by atoms with E-state index in [9.17, 15) is 0 Å². The van der Waals surface area contributed by atoms with Crippen molar-refractivity contribution in [1.29, 1.82) is 0 Å². The van der Waals surface area contributed by atoms with E-state index < -0.39 is 0 Å². The first-order valence-electron chi connectivity index (χ1n) is 5.22. The molecule has 0 aromatic heterocycles. The molecule has 1 atom stereocenters. The van der Waals surface area contributed by atoms with Crippen LogP contribution in [-0.4, -0.2) is 6.04 Å². The molecule has 0 aromatic carbocycles. The highest BCUT2D eigenvalue weighted by Gasteiger charge is 2.15. The monoisotopic (exact) mass is 167 g/mol. The number of hydrogen-bond acceptors (Lipinski definition) is 1. The van der Waals surface area contributed by atoms with Gasteiger partial charge in [-0.2, -0.15) is 0 Å². The van der Waals surface area contributed by atoms with Crippen molar-refractivity contribution in [2.24, 2.45) is 11.7 Å². The minimum atomic E-state index is 0.433. The molecule has 1 rings (SSSR count). The van der Waals surface area contributed by atoms with E-state index in [1.54, 1.807) is 5.57 Å². The van der Waals surface area contributed by atoms with Crippen LogP contribution in [0.3, 0.4) is 0 Å². The summed E-state index contributed by atoms with van der Waals surface area (Å²) in [6.07, 6.45) is 8.50. The number of allylic oxidation sites excluding steroid dienone is 1. The lowest BCUT2D eigenvalue weighted by Crippen LogP contribution is -2.23. The molecule has 1 unspecified atom stereocenters. The molecule has 0 aliphatic heterocycles. The Balaban J connectivity index is 2.50. The molecule has 0 saturated heterocycles. The Labute approximate surface area is 76.0 Å². The third kappa shape index (κ3) is 2.34. The van der Waals surface area contributed by atoms with Crippen LogP contribution in [0.1, 0.15) is 46.0 Å². The lowest BCUT2D eigenvalue weighted by atomic mass is 9.85. The molecular formula is C11H21N. The van der Waals surface area contributed by atoms with E-state index in [2.05, 4.69) is 19.9 Å². The van der Waals surface area contributed by atoms with Crippen molar-refractivity contribution in [2.75, 3.05) is 0 Å². The molecule has 2 N–H and O–H groups in total. The molecule has 0 aromatic rings. The summed E-state index contributed by atoms with van der Waals surface area (Å²) in [7, 11) is 0. The summed E-state index contributed by atoms with van der Waals surface area (Å²) >= 11 is 0. The SMILES string of the molecule is CCC(CC)C1=CCC(N)CC1. The van der Waals surface area contributed by atoms with Gasteiger partial charge in [0.1, 0.15) is 0 Å². The highest BCUT2D eigenvalue weighted by molar-refractivity contribution is 5.11. The van der Waals surface area contributed by atoms with Gasteiger partial charge in [-0.05, 0) is 38.0 Å². The summed E-state index contributed by atoms with van der Waals surface area (Å²) in [6.45, 7) is 4.56. The Morgan fingerprint density at radius 1 is 1.50 bits per heavy atom. The van der Waals surface area contributed by atoms with E-state index >= 15 is 0 Å². The summed E-state index contributed by atoms with van der Waals surface area (Å²) < 4.78 is 0. The lowest BCUT2D eigenvalue weighted by Gasteiger charge is -2.23. The number of hydrogen-bond donors (Lipinski definition) is 1. The standard InChI is InChI=1S/C11H21N/c1-3-9(4-2)10-5-7-11(12)8-6-10/h5,9,11H,3-4,6-8,12H2,1-2H3. The molecular weight excluding hydrogens is 146 g/mol. The second kappa shape index (κ2) is 4.66. The van der Waals surface area contributed by atoms with E-state index in [4.69, 9.17) is 5.73 Å². The average Bonchev–Trinajstić information content (AvgIpc) is 2.10. The Morgan fingerprint density at radius 3 is 2.58 bits per heavy atom. The molecule has 0 amide bonds. The van der Waals surface area contributed by atoms with Crippen LogP contribution in [0.5, 0.6) is 0 Å². The zero-order valence-corrected chi connectivity index (χ0v) is 8.34. The van der Waals surface area contributed by atoms with Gasteiger partial charge in [-0.3, -0.25) is 0 Å². The summed E-state index contributed by atoms with van der Waals surface area (Å²) in [4.78, 5) is 0. The van der Waals surface area contributed by atoms with E-state index in [0.717, 1.165) is 12.3 Å².